The molecule has 0 spiro atoms. The lowest BCUT2D eigenvalue weighted by molar-refractivity contribution is 0.0774. The van der Waals surface area contributed by atoms with Crippen LogP contribution in [0.15, 0.2) is 53.3 Å². The van der Waals surface area contributed by atoms with Crippen LogP contribution in [-0.4, -0.2) is 38.0 Å². The molecule has 0 radical (unpaired) electrons. The molecule has 0 bridgehead atoms. The van der Waals surface area contributed by atoms with Gasteiger partial charge in [0.2, 0.25) is 0 Å². The smallest absolute Gasteiger partial charge is 0.254 e. The van der Waals surface area contributed by atoms with Crippen molar-refractivity contribution in [3.63, 3.8) is 0 Å². The largest absolute Gasteiger partial charge is 0.359 e. The average Bonchev–Trinajstić information content (AvgIpc) is 3.11. The Kier molecular flexibility index (Phi) is 4.57. The number of pyridine rings is 1. The van der Waals surface area contributed by atoms with E-state index < -0.39 is 0 Å². The van der Waals surface area contributed by atoms with Crippen molar-refractivity contribution in [3.8, 4) is 11.3 Å². The van der Waals surface area contributed by atoms with Crippen molar-refractivity contribution in [1.29, 1.82) is 0 Å². The Morgan fingerprint density at radius 1 is 1.11 bits per heavy atom. The molecule has 1 aromatic carbocycles. The second-order valence-corrected chi connectivity index (χ2v) is 6.69. The van der Waals surface area contributed by atoms with Crippen molar-refractivity contribution in [2.75, 3.05) is 7.05 Å². The first-order valence-corrected chi connectivity index (χ1v) is 8.88. The number of carbonyl (C=O) groups is 1. The Bertz CT molecular complexity index is 1150. The number of hydrogen-bond donors (Lipinski definition) is 0. The average molecular weight is 373 g/mol. The molecule has 28 heavy (non-hydrogen) atoms. The summed E-state index contributed by atoms with van der Waals surface area (Å²) < 4.78 is 5.24. The summed E-state index contributed by atoms with van der Waals surface area (Å²) in [4.78, 5) is 28.0. The van der Waals surface area contributed by atoms with E-state index in [0.717, 1.165) is 22.2 Å². The molecule has 3 heterocycles. The van der Waals surface area contributed by atoms with Crippen LogP contribution in [0.25, 0.3) is 22.2 Å². The molecule has 7 nitrogen and oxygen atoms in total. The number of hydrogen-bond acceptors (Lipinski definition) is 6. The predicted molar refractivity (Wildman–Crippen MR) is 105 cm³/mol. The molecule has 7 heteroatoms. The molecule has 0 saturated heterocycles. The summed E-state index contributed by atoms with van der Waals surface area (Å²) in [7, 11) is 1.74. The Morgan fingerprint density at radius 3 is 2.57 bits per heavy atom. The summed E-state index contributed by atoms with van der Waals surface area (Å²) >= 11 is 0. The van der Waals surface area contributed by atoms with Crippen molar-refractivity contribution in [2.24, 2.45) is 0 Å². The van der Waals surface area contributed by atoms with Crippen LogP contribution >= 0.6 is 0 Å². The van der Waals surface area contributed by atoms with Gasteiger partial charge in [0.15, 0.2) is 5.76 Å². The zero-order chi connectivity index (χ0) is 19.7. The van der Waals surface area contributed by atoms with Gasteiger partial charge in [0.05, 0.1) is 29.0 Å². The third-order valence-electron chi connectivity index (χ3n) is 4.44. The zero-order valence-electron chi connectivity index (χ0n) is 15.9. The highest BCUT2D eigenvalue weighted by Gasteiger charge is 2.19. The highest BCUT2D eigenvalue weighted by atomic mass is 16.5. The van der Waals surface area contributed by atoms with E-state index in [0.29, 0.717) is 29.4 Å². The van der Waals surface area contributed by atoms with Crippen LogP contribution in [0.1, 0.15) is 27.6 Å². The van der Waals surface area contributed by atoms with Crippen molar-refractivity contribution in [2.45, 2.75) is 20.4 Å². The number of benzene rings is 1. The maximum Gasteiger partial charge on any atom is 0.254 e. The van der Waals surface area contributed by atoms with Gasteiger partial charge < -0.3 is 9.42 Å². The summed E-state index contributed by atoms with van der Waals surface area (Å²) in [5.41, 5.74) is 3.52. The maximum atomic E-state index is 13.2. The molecule has 0 saturated carbocycles. The lowest BCUT2D eigenvalue weighted by atomic mass is 10.0. The van der Waals surface area contributed by atoms with Gasteiger partial charge in [0, 0.05) is 36.5 Å². The molecule has 3 aromatic heterocycles. The lowest BCUT2D eigenvalue weighted by Crippen LogP contribution is -2.26. The number of fused-ring (bicyclic) bond motifs is 1. The zero-order valence-corrected chi connectivity index (χ0v) is 15.9. The third kappa shape index (κ3) is 3.46. The SMILES string of the molecule is Cc1cc(CN(C)C(=O)c2cc(-c3cnc(C)nc3)nc3ccccc23)on1. The first-order valence-electron chi connectivity index (χ1n) is 8.88. The van der Waals surface area contributed by atoms with E-state index in [-0.39, 0.29) is 5.91 Å². The fourth-order valence-electron chi connectivity index (χ4n) is 3.03. The summed E-state index contributed by atoms with van der Waals surface area (Å²) in [6.07, 6.45) is 3.43. The highest BCUT2D eigenvalue weighted by Crippen LogP contribution is 2.25. The molecule has 140 valence electrons. The van der Waals surface area contributed by atoms with Gasteiger partial charge in [-0.25, -0.2) is 15.0 Å². The second-order valence-electron chi connectivity index (χ2n) is 6.69. The van der Waals surface area contributed by atoms with Gasteiger partial charge in [-0.15, -0.1) is 0 Å². The van der Waals surface area contributed by atoms with Crippen LogP contribution in [0.4, 0.5) is 0 Å². The van der Waals surface area contributed by atoms with Crippen molar-refractivity contribution < 1.29 is 9.32 Å². The first kappa shape index (κ1) is 17.8. The minimum absolute atomic E-state index is 0.123. The second kappa shape index (κ2) is 7.19. The quantitative estimate of drug-likeness (QED) is 0.544. The molecule has 0 aliphatic heterocycles. The Labute approximate surface area is 162 Å². The monoisotopic (exact) mass is 373 g/mol. The molecule has 4 aromatic rings. The van der Waals surface area contributed by atoms with Gasteiger partial charge in [0.25, 0.3) is 5.91 Å². The van der Waals surface area contributed by atoms with Gasteiger partial charge in [0.1, 0.15) is 5.82 Å². The highest BCUT2D eigenvalue weighted by molar-refractivity contribution is 6.07. The van der Waals surface area contributed by atoms with E-state index in [9.17, 15) is 4.79 Å². The van der Waals surface area contributed by atoms with E-state index in [2.05, 4.69) is 20.1 Å². The fraction of sp³-hybridized carbons (Fsp3) is 0.190. The molecule has 0 unspecified atom stereocenters. The molecule has 0 aliphatic rings. The van der Waals surface area contributed by atoms with Gasteiger partial charge in [-0.3, -0.25) is 4.79 Å². The summed E-state index contributed by atoms with van der Waals surface area (Å²) in [6.45, 7) is 4.01. The van der Waals surface area contributed by atoms with E-state index in [1.54, 1.807) is 30.4 Å². The van der Waals surface area contributed by atoms with Gasteiger partial charge >= 0.3 is 0 Å². The summed E-state index contributed by atoms with van der Waals surface area (Å²) in [6, 6.07) is 11.2. The van der Waals surface area contributed by atoms with Crippen LogP contribution in [-0.2, 0) is 6.54 Å². The van der Waals surface area contributed by atoms with E-state index in [1.165, 1.54) is 0 Å². The minimum atomic E-state index is -0.123. The van der Waals surface area contributed by atoms with E-state index in [1.807, 2.05) is 44.2 Å². The number of para-hydroxylation sites is 1. The molecule has 0 atom stereocenters. The molecule has 0 aliphatic carbocycles. The van der Waals surface area contributed by atoms with E-state index >= 15 is 0 Å². The van der Waals surface area contributed by atoms with Crippen molar-refractivity contribution in [3.05, 3.63) is 71.6 Å². The predicted octanol–water partition coefficient (Wildman–Crippen LogP) is 3.57. The fourth-order valence-corrected chi connectivity index (χ4v) is 3.03. The molecule has 1 amide bonds. The number of aryl methyl sites for hydroxylation is 2. The molecule has 4 rings (SSSR count). The number of amides is 1. The Balaban J connectivity index is 1.76. The maximum absolute atomic E-state index is 13.2. The summed E-state index contributed by atoms with van der Waals surface area (Å²) in [5.74, 6) is 1.20. The minimum Gasteiger partial charge on any atom is -0.359 e. The van der Waals surface area contributed by atoms with Crippen molar-refractivity contribution in [1.82, 2.24) is 25.0 Å². The number of carbonyl (C=O) groups excluding carboxylic acids is 1. The van der Waals surface area contributed by atoms with E-state index in [4.69, 9.17) is 4.52 Å². The number of aromatic nitrogens is 4. The first-order chi connectivity index (χ1) is 13.5. The van der Waals surface area contributed by atoms with Crippen LogP contribution in [0.2, 0.25) is 0 Å². The molecule has 0 fully saturated rings. The van der Waals surface area contributed by atoms with Crippen LogP contribution in [0.5, 0.6) is 0 Å². The molecule has 0 N–H and O–H groups in total. The van der Waals surface area contributed by atoms with Crippen LogP contribution < -0.4 is 0 Å². The standard InChI is InChI=1S/C21H19N5O2/c1-13-8-16(28-25-13)12-26(3)21(27)18-9-20(15-10-22-14(2)23-11-15)24-19-7-5-4-6-17(18)19/h4-11H,12H2,1-3H3. The van der Waals surface area contributed by atoms with Crippen molar-refractivity contribution >= 4 is 16.8 Å². The summed E-state index contributed by atoms with van der Waals surface area (Å²) in [5, 5.41) is 4.67. The number of rotatable bonds is 4. The van der Waals surface area contributed by atoms with Crippen LogP contribution in [0.3, 0.4) is 0 Å². The molecular formula is C21H19N5O2. The normalized spacial score (nSPS) is 11.0. The topological polar surface area (TPSA) is 85.0 Å². The third-order valence-corrected chi connectivity index (χ3v) is 4.44. The lowest BCUT2D eigenvalue weighted by Gasteiger charge is -2.17. The molecular weight excluding hydrogens is 354 g/mol. The van der Waals surface area contributed by atoms with Gasteiger partial charge in [-0.1, -0.05) is 23.4 Å². The van der Waals surface area contributed by atoms with Crippen LogP contribution in [0, 0.1) is 13.8 Å². The van der Waals surface area contributed by atoms with Gasteiger partial charge in [-0.2, -0.15) is 0 Å². The van der Waals surface area contributed by atoms with Gasteiger partial charge in [-0.05, 0) is 26.0 Å². The Hall–Kier alpha value is -3.61. The Morgan fingerprint density at radius 2 is 1.86 bits per heavy atom. The number of nitrogens with zero attached hydrogens (tertiary/aromatic N) is 5.